The minimum absolute atomic E-state index is 0.179. The number of amides is 1. The Bertz CT molecular complexity index is 1090. The molecule has 7 heteroatoms. The van der Waals surface area contributed by atoms with Crippen LogP contribution in [0.15, 0.2) is 47.3 Å². The molecule has 7 nitrogen and oxygen atoms in total. The number of aromatic nitrogens is 1. The highest BCUT2D eigenvalue weighted by molar-refractivity contribution is 5.91. The first kappa shape index (κ1) is 17.9. The molecule has 2 heterocycles. The maximum Gasteiger partial charge on any atom is 0.251 e. The van der Waals surface area contributed by atoms with Gasteiger partial charge in [0.1, 0.15) is 19.0 Å². The van der Waals surface area contributed by atoms with E-state index in [2.05, 4.69) is 10.3 Å². The molecule has 4 rings (SSSR count). The number of methoxy groups -OCH3 is 1. The first-order chi connectivity index (χ1) is 13.6. The first-order valence-electron chi connectivity index (χ1n) is 9.02. The van der Waals surface area contributed by atoms with E-state index >= 15 is 0 Å². The van der Waals surface area contributed by atoms with Gasteiger partial charge in [0, 0.05) is 34.6 Å². The standard InChI is InChI=1S/C21H20N2O5/c1-26-16-4-5-17-14(11-16)10-13(21(25)23-17)2-7-20(24)22-15-3-6-18-19(12-15)28-9-8-27-18/h3-6,10-12H,2,7-9H2,1H3,(H,22,24)(H,23,25). The number of carbonyl (C=O) groups excluding carboxylic acids is 1. The molecule has 144 valence electrons. The van der Waals surface area contributed by atoms with Crippen LogP contribution in [0.4, 0.5) is 5.69 Å². The van der Waals surface area contributed by atoms with Gasteiger partial charge in [-0.25, -0.2) is 0 Å². The summed E-state index contributed by atoms with van der Waals surface area (Å²) in [5.74, 6) is 1.81. The van der Waals surface area contributed by atoms with Crippen LogP contribution in [-0.4, -0.2) is 31.2 Å². The number of rotatable bonds is 5. The maximum absolute atomic E-state index is 12.3. The van der Waals surface area contributed by atoms with Crippen LogP contribution in [-0.2, 0) is 11.2 Å². The smallest absolute Gasteiger partial charge is 0.251 e. The van der Waals surface area contributed by atoms with E-state index in [9.17, 15) is 9.59 Å². The predicted molar refractivity (Wildman–Crippen MR) is 106 cm³/mol. The summed E-state index contributed by atoms with van der Waals surface area (Å²) in [6, 6.07) is 12.5. The number of fused-ring (bicyclic) bond motifs is 2. The molecular weight excluding hydrogens is 360 g/mol. The molecule has 0 unspecified atom stereocenters. The number of anilines is 1. The molecule has 0 aliphatic carbocycles. The third kappa shape index (κ3) is 3.78. The Labute approximate surface area is 161 Å². The van der Waals surface area contributed by atoms with Gasteiger partial charge in [0.2, 0.25) is 5.91 Å². The summed E-state index contributed by atoms with van der Waals surface area (Å²) in [4.78, 5) is 27.4. The number of nitrogens with one attached hydrogen (secondary N) is 2. The van der Waals surface area contributed by atoms with Crippen molar-refractivity contribution in [3.05, 3.63) is 58.4 Å². The molecule has 1 aromatic heterocycles. The largest absolute Gasteiger partial charge is 0.497 e. The highest BCUT2D eigenvalue weighted by Gasteiger charge is 2.13. The zero-order valence-electron chi connectivity index (χ0n) is 15.4. The van der Waals surface area contributed by atoms with Crippen molar-refractivity contribution in [1.29, 1.82) is 0 Å². The SMILES string of the molecule is COc1ccc2[nH]c(=O)c(CCC(=O)Nc3ccc4c(c3)OCCO4)cc2c1. The number of aryl methyl sites for hydroxylation is 1. The van der Waals surface area contributed by atoms with Gasteiger partial charge in [-0.2, -0.15) is 0 Å². The van der Waals surface area contributed by atoms with Crippen LogP contribution in [0.2, 0.25) is 0 Å². The highest BCUT2D eigenvalue weighted by atomic mass is 16.6. The Morgan fingerprint density at radius 3 is 2.75 bits per heavy atom. The highest BCUT2D eigenvalue weighted by Crippen LogP contribution is 2.32. The summed E-state index contributed by atoms with van der Waals surface area (Å²) in [6.45, 7) is 1.00. The minimum Gasteiger partial charge on any atom is -0.497 e. The van der Waals surface area contributed by atoms with Crippen LogP contribution in [0.25, 0.3) is 10.9 Å². The van der Waals surface area contributed by atoms with Crippen molar-refractivity contribution in [2.24, 2.45) is 0 Å². The van der Waals surface area contributed by atoms with Crippen LogP contribution in [0.3, 0.4) is 0 Å². The van der Waals surface area contributed by atoms with E-state index in [1.807, 2.05) is 6.07 Å². The van der Waals surface area contributed by atoms with Crippen molar-refractivity contribution in [1.82, 2.24) is 4.98 Å². The van der Waals surface area contributed by atoms with E-state index < -0.39 is 0 Å². The summed E-state index contributed by atoms with van der Waals surface area (Å²) in [7, 11) is 1.59. The molecule has 1 amide bonds. The average Bonchev–Trinajstić information content (AvgIpc) is 2.72. The lowest BCUT2D eigenvalue weighted by Crippen LogP contribution is -2.18. The lowest BCUT2D eigenvalue weighted by Gasteiger charge is -2.19. The molecule has 28 heavy (non-hydrogen) atoms. The Hall–Kier alpha value is -3.48. The van der Waals surface area contributed by atoms with Gasteiger partial charge in [0.05, 0.1) is 7.11 Å². The van der Waals surface area contributed by atoms with Gasteiger partial charge in [-0.05, 0) is 42.8 Å². The van der Waals surface area contributed by atoms with Crippen molar-refractivity contribution in [2.45, 2.75) is 12.8 Å². The Kier molecular flexibility index (Phi) is 4.89. The molecular formula is C21H20N2O5. The fourth-order valence-electron chi connectivity index (χ4n) is 3.14. The molecule has 0 radical (unpaired) electrons. The van der Waals surface area contributed by atoms with E-state index in [0.717, 1.165) is 10.9 Å². The molecule has 0 atom stereocenters. The fourth-order valence-corrected chi connectivity index (χ4v) is 3.14. The number of pyridine rings is 1. The molecule has 0 fully saturated rings. The molecule has 1 aliphatic rings. The van der Waals surface area contributed by atoms with E-state index in [1.54, 1.807) is 43.5 Å². The lowest BCUT2D eigenvalue weighted by molar-refractivity contribution is -0.116. The molecule has 2 N–H and O–H groups in total. The number of carbonyl (C=O) groups is 1. The summed E-state index contributed by atoms with van der Waals surface area (Å²) < 4.78 is 16.2. The number of H-pyrrole nitrogens is 1. The summed E-state index contributed by atoms with van der Waals surface area (Å²) in [6.07, 6.45) is 0.520. The molecule has 0 bridgehead atoms. The Balaban J connectivity index is 1.44. The second kappa shape index (κ2) is 7.64. The number of aromatic amines is 1. The zero-order chi connectivity index (χ0) is 19.5. The number of hydrogen-bond acceptors (Lipinski definition) is 5. The molecule has 1 aliphatic heterocycles. The van der Waals surface area contributed by atoms with Crippen LogP contribution in [0.5, 0.6) is 17.2 Å². The van der Waals surface area contributed by atoms with Crippen LogP contribution < -0.4 is 25.1 Å². The number of ether oxygens (including phenoxy) is 3. The third-order valence-corrected chi connectivity index (χ3v) is 4.58. The van der Waals surface area contributed by atoms with Gasteiger partial charge in [-0.1, -0.05) is 0 Å². The first-order valence-corrected chi connectivity index (χ1v) is 9.02. The predicted octanol–water partition coefficient (Wildman–Crippen LogP) is 2.88. The van der Waals surface area contributed by atoms with Gasteiger partial charge < -0.3 is 24.5 Å². The summed E-state index contributed by atoms with van der Waals surface area (Å²) in [5.41, 5.74) is 1.73. The Morgan fingerprint density at radius 1 is 1.11 bits per heavy atom. The summed E-state index contributed by atoms with van der Waals surface area (Å²) in [5, 5.41) is 3.69. The Morgan fingerprint density at radius 2 is 1.93 bits per heavy atom. The molecule has 3 aromatic rings. The number of benzene rings is 2. The molecule has 2 aromatic carbocycles. The van der Waals surface area contributed by atoms with Crippen molar-refractivity contribution < 1.29 is 19.0 Å². The minimum atomic E-state index is -0.190. The molecule has 0 spiro atoms. The third-order valence-electron chi connectivity index (χ3n) is 4.58. The topological polar surface area (TPSA) is 89.7 Å². The maximum atomic E-state index is 12.3. The van der Waals surface area contributed by atoms with Crippen molar-refractivity contribution in [2.75, 3.05) is 25.6 Å². The zero-order valence-corrected chi connectivity index (χ0v) is 15.4. The number of hydrogen-bond donors (Lipinski definition) is 2. The van der Waals surface area contributed by atoms with Crippen LogP contribution >= 0.6 is 0 Å². The van der Waals surface area contributed by atoms with Gasteiger partial charge in [0.15, 0.2) is 11.5 Å². The van der Waals surface area contributed by atoms with Crippen molar-refractivity contribution in [3.63, 3.8) is 0 Å². The second-order valence-electron chi connectivity index (χ2n) is 6.48. The van der Waals surface area contributed by atoms with Gasteiger partial charge in [-0.15, -0.1) is 0 Å². The van der Waals surface area contributed by atoms with E-state index in [1.165, 1.54) is 0 Å². The van der Waals surface area contributed by atoms with E-state index in [-0.39, 0.29) is 17.9 Å². The fraction of sp³-hybridized carbons (Fsp3) is 0.238. The lowest BCUT2D eigenvalue weighted by atomic mass is 10.1. The van der Waals surface area contributed by atoms with Crippen molar-refractivity contribution >= 4 is 22.5 Å². The van der Waals surface area contributed by atoms with Gasteiger partial charge >= 0.3 is 0 Å². The second-order valence-corrected chi connectivity index (χ2v) is 6.48. The normalized spacial score (nSPS) is 12.6. The van der Waals surface area contributed by atoms with Crippen LogP contribution in [0, 0.1) is 0 Å². The van der Waals surface area contributed by atoms with E-state index in [0.29, 0.717) is 48.1 Å². The molecule has 0 saturated heterocycles. The van der Waals surface area contributed by atoms with Crippen molar-refractivity contribution in [3.8, 4) is 17.2 Å². The van der Waals surface area contributed by atoms with Gasteiger partial charge in [0.25, 0.3) is 5.56 Å². The molecule has 0 saturated carbocycles. The van der Waals surface area contributed by atoms with E-state index in [4.69, 9.17) is 14.2 Å². The monoisotopic (exact) mass is 380 g/mol. The quantitative estimate of drug-likeness (QED) is 0.710. The average molecular weight is 380 g/mol. The van der Waals surface area contributed by atoms with Crippen LogP contribution in [0.1, 0.15) is 12.0 Å². The van der Waals surface area contributed by atoms with Gasteiger partial charge in [-0.3, -0.25) is 9.59 Å². The summed E-state index contributed by atoms with van der Waals surface area (Å²) >= 11 is 0.